The molecule has 0 fully saturated rings. The van der Waals surface area contributed by atoms with Crippen LogP contribution in [0.25, 0.3) is 0 Å². The molecule has 126 valence electrons. The van der Waals surface area contributed by atoms with Gasteiger partial charge in [0.2, 0.25) is 0 Å². The van der Waals surface area contributed by atoms with E-state index in [4.69, 9.17) is 11.6 Å². The van der Waals surface area contributed by atoms with Crippen LogP contribution in [-0.4, -0.2) is 15.9 Å². The van der Waals surface area contributed by atoms with Gasteiger partial charge in [0.1, 0.15) is 17.3 Å². The van der Waals surface area contributed by atoms with Gasteiger partial charge in [-0.15, -0.1) is 0 Å². The van der Waals surface area contributed by atoms with E-state index in [1.807, 2.05) is 42.5 Å². The van der Waals surface area contributed by atoms with Crippen molar-refractivity contribution in [2.75, 3.05) is 5.32 Å². The van der Waals surface area contributed by atoms with E-state index in [-0.39, 0.29) is 5.91 Å². The standard InChI is InChI=1S/C19H17ClN4O/c1-13-22-17(19(25)21-12-14-6-3-2-4-7-14)11-18(23-13)24-16-9-5-8-15(20)10-16/h2-11H,12H2,1H3,(H,21,25)(H,22,23,24). The fraction of sp³-hybridized carbons (Fsp3) is 0.105. The lowest BCUT2D eigenvalue weighted by atomic mass is 10.2. The number of hydrogen-bond donors (Lipinski definition) is 2. The highest BCUT2D eigenvalue weighted by atomic mass is 35.5. The maximum Gasteiger partial charge on any atom is 0.270 e. The summed E-state index contributed by atoms with van der Waals surface area (Å²) in [5.41, 5.74) is 2.13. The van der Waals surface area contributed by atoms with Gasteiger partial charge in [0, 0.05) is 23.3 Å². The molecule has 2 aromatic carbocycles. The quantitative estimate of drug-likeness (QED) is 0.725. The van der Waals surface area contributed by atoms with Gasteiger partial charge in [0.25, 0.3) is 5.91 Å². The summed E-state index contributed by atoms with van der Waals surface area (Å²) in [5, 5.41) is 6.63. The number of nitrogens with zero attached hydrogens (tertiary/aromatic N) is 2. The molecule has 0 bridgehead atoms. The Bertz CT molecular complexity index is 884. The molecule has 1 aromatic heterocycles. The molecule has 0 aliphatic carbocycles. The van der Waals surface area contributed by atoms with E-state index in [1.54, 1.807) is 25.1 Å². The van der Waals surface area contributed by atoms with Gasteiger partial charge in [0.05, 0.1) is 0 Å². The summed E-state index contributed by atoms with van der Waals surface area (Å²) in [7, 11) is 0. The summed E-state index contributed by atoms with van der Waals surface area (Å²) in [6, 6.07) is 18.6. The first kappa shape index (κ1) is 16.9. The minimum Gasteiger partial charge on any atom is -0.347 e. The Kier molecular flexibility index (Phi) is 5.26. The Morgan fingerprint density at radius 1 is 1.04 bits per heavy atom. The van der Waals surface area contributed by atoms with Crippen molar-refractivity contribution in [2.24, 2.45) is 0 Å². The molecule has 5 nitrogen and oxygen atoms in total. The van der Waals surface area contributed by atoms with Gasteiger partial charge in [-0.05, 0) is 30.7 Å². The molecule has 6 heteroatoms. The van der Waals surface area contributed by atoms with Crippen molar-refractivity contribution in [3.63, 3.8) is 0 Å². The van der Waals surface area contributed by atoms with Crippen molar-refractivity contribution >= 4 is 29.0 Å². The third kappa shape index (κ3) is 4.78. The van der Waals surface area contributed by atoms with Crippen molar-refractivity contribution in [3.8, 4) is 0 Å². The second-order valence-corrected chi connectivity index (χ2v) is 5.93. The number of carbonyl (C=O) groups excluding carboxylic acids is 1. The maximum absolute atomic E-state index is 12.4. The Hall–Kier alpha value is -2.92. The van der Waals surface area contributed by atoms with Gasteiger partial charge < -0.3 is 10.6 Å². The Morgan fingerprint density at radius 2 is 1.84 bits per heavy atom. The Morgan fingerprint density at radius 3 is 2.60 bits per heavy atom. The lowest BCUT2D eigenvalue weighted by Crippen LogP contribution is -2.24. The molecule has 0 saturated heterocycles. The lowest BCUT2D eigenvalue weighted by Gasteiger charge is -2.09. The largest absolute Gasteiger partial charge is 0.347 e. The van der Waals surface area contributed by atoms with Crippen molar-refractivity contribution in [1.29, 1.82) is 0 Å². The average molecular weight is 353 g/mol. The molecule has 0 radical (unpaired) electrons. The van der Waals surface area contributed by atoms with E-state index < -0.39 is 0 Å². The molecular weight excluding hydrogens is 336 g/mol. The molecule has 1 amide bonds. The van der Waals surface area contributed by atoms with E-state index in [0.717, 1.165) is 11.3 Å². The van der Waals surface area contributed by atoms with Crippen molar-refractivity contribution < 1.29 is 4.79 Å². The van der Waals surface area contributed by atoms with Crippen LogP contribution in [0.1, 0.15) is 21.9 Å². The summed E-state index contributed by atoms with van der Waals surface area (Å²) in [5.74, 6) is 0.806. The van der Waals surface area contributed by atoms with Gasteiger partial charge in [-0.25, -0.2) is 9.97 Å². The molecule has 1 heterocycles. The fourth-order valence-corrected chi connectivity index (χ4v) is 2.52. The first-order valence-electron chi connectivity index (χ1n) is 7.80. The lowest BCUT2D eigenvalue weighted by molar-refractivity contribution is 0.0945. The number of halogens is 1. The average Bonchev–Trinajstić information content (AvgIpc) is 2.60. The molecule has 0 atom stereocenters. The molecule has 0 saturated carbocycles. The first-order valence-corrected chi connectivity index (χ1v) is 8.18. The van der Waals surface area contributed by atoms with Crippen LogP contribution in [0.15, 0.2) is 60.7 Å². The minimum atomic E-state index is -0.247. The van der Waals surface area contributed by atoms with E-state index >= 15 is 0 Å². The van der Waals surface area contributed by atoms with E-state index in [9.17, 15) is 4.79 Å². The van der Waals surface area contributed by atoms with Crippen LogP contribution in [-0.2, 0) is 6.54 Å². The van der Waals surface area contributed by atoms with Crippen LogP contribution in [0.3, 0.4) is 0 Å². The zero-order valence-electron chi connectivity index (χ0n) is 13.7. The van der Waals surface area contributed by atoms with Crippen LogP contribution in [0.2, 0.25) is 5.02 Å². The number of amides is 1. The molecule has 3 rings (SSSR count). The zero-order valence-corrected chi connectivity index (χ0v) is 14.4. The van der Waals surface area contributed by atoms with Gasteiger partial charge in [-0.1, -0.05) is 48.0 Å². The molecular formula is C19H17ClN4O. The summed E-state index contributed by atoms with van der Waals surface area (Å²) in [6.45, 7) is 2.19. The van der Waals surface area contributed by atoms with Gasteiger partial charge in [-0.2, -0.15) is 0 Å². The van der Waals surface area contributed by atoms with E-state index in [1.165, 1.54) is 0 Å². The summed E-state index contributed by atoms with van der Waals surface area (Å²) in [4.78, 5) is 20.9. The Balaban J connectivity index is 1.73. The maximum atomic E-state index is 12.4. The molecule has 25 heavy (non-hydrogen) atoms. The van der Waals surface area contributed by atoms with Crippen LogP contribution in [0.4, 0.5) is 11.5 Å². The van der Waals surface area contributed by atoms with Crippen LogP contribution in [0.5, 0.6) is 0 Å². The number of benzene rings is 2. The third-order valence-corrected chi connectivity index (χ3v) is 3.70. The number of carbonyl (C=O) groups is 1. The second kappa shape index (κ2) is 7.77. The monoisotopic (exact) mass is 352 g/mol. The molecule has 0 spiro atoms. The van der Waals surface area contributed by atoms with E-state index in [2.05, 4.69) is 20.6 Å². The third-order valence-electron chi connectivity index (χ3n) is 3.46. The molecule has 0 unspecified atom stereocenters. The topological polar surface area (TPSA) is 66.9 Å². The number of aryl methyl sites for hydroxylation is 1. The van der Waals surface area contributed by atoms with Crippen molar-refractivity contribution in [3.05, 3.63) is 82.8 Å². The number of anilines is 2. The van der Waals surface area contributed by atoms with Gasteiger partial charge in [0.15, 0.2) is 0 Å². The second-order valence-electron chi connectivity index (χ2n) is 5.49. The first-order chi connectivity index (χ1) is 12.1. The highest BCUT2D eigenvalue weighted by molar-refractivity contribution is 6.30. The Labute approximate surface area is 151 Å². The SMILES string of the molecule is Cc1nc(Nc2cccc(Cl)c2)cc(C(=O)NCc2ccccc2)n1. The van der Waals surface area contributed by atoms with Gasteiger partial charge in [-0.3, -0.25) is 4.79 Å². The van der Waals surface area contributed by atoms with Crippen LogP contribution in [0, 0.1) is 6.92 Å². The van der Waals surface area contributed by atoms with Gasteiger partial charge >= 0.3 is 0 Å². The number of rotatable bonds is 5. The van der Waals surface area contributed by atoms with Crippen LogP contribution >= 0.6 is 11.6 Å². The minimum absolute atomic E-state index is 0.247. The molecule has 2 N–H and O–H groups in total. The summed E-state index contributed by atoms with van der Waals surface area (Å²) >= 11 is 5.99. The predicted molar refractivity (Wildman–Crippen MR) is 99.1 cm³/mol. The number of nitrogens with one attached hydrogen (secondary N) is 2. The predicted octanol–water partition coefficient (Wildman–Crippen LogP) is 4.11. The normalized spacial score (nSPS) is 10.3. The zero-order chi connectivity index (χ0) is 17.6. The summed E-state index contributed by atoms with van der Waals surface area (Å²) in [6.07, 6.45) is 0. The fourth-order valence-electron chi connectivity index (χ4n) is 2.33. The number of aromatic nitrogens is 2. The van der Waals surface area contributed by atoms with Crippen molar-refractivity contribution in [1.82, 2.24) is 15.3 Å². The highest BCUT2D eigenvalue weighted by Gasteiger charge is 2.10. The smallest absolute Gasteiger partial charge is 0.270 e. The van der Waals surface area contributed by atoms with E-state index in [0.29, 0.717) is 28.9 Å². The highest BCUT2D eigenvalue weighted by Crippen LogP contribution is 2.19. The molecule has 0 aliphatic heterocycles. The van der Waals surface area contributed by atoms with Crippen LogP contribution < -0.4 is 10.6 Å². The number of hydrogen-bond acceptors (Lipinski definition) is 4. The van der Waals surface area contributed by atoms with Crippen molar-refractivity contribution in [2.45, 2.75) is 13.5 Å². The molecule has 0 aliphatic rings. The molecule has 3 aromatic rings. The summed E-state index contributed by atoms with van der Waals surface area (Å²) < 4.78 is 0.